The van der Waals surface area contributed by atoms with Gasteiger partial charge in [-0.15, -0.1) is 0 Å². The highest BCUT2D eigenvalue weighted by Crippen LogP contribution is 2.23. The molecular weight excluding hydrogens is 351 g/mol. The number of hydrogen-bond acceptors (Lipinski definition) is 4. The van der Waals surface area contributed by atoms with Crippen LogP contribution in [0.25, 0.3) is 0 Å². The maximum absolute atomic E-state index is 13.5. The van der Waals surface area contributed by atoms with E-state index in [0.29, 0.717) is 22.7 Å². The second kappa shape index (κ2) is 8.03. The highest BCUT2D eigenvalue weighted by atomic mass is 32.2. The van der Waals surface area contributed by atoms with Gasteiger partial charge in [0.25, 0.3) is 0 Å². The van der Waals surface area contributed by atoms with E-state index >= 15 is 0 Å². The number of nitrogens with one attached hydrogen (secondary N) is 1. The quantitative estimate of drug-likeness (QED) is 0.652. The lowest BCUT2D eigenvalue weighted by atomic mass is 10.1. The number of carbonyl (C=O) groups excluding carboxylic acids is 1. The topological polar surface area (TPSA) is 65.8 Å². The Morgan fingerprint density at radius 2 is 1.88 bits per heavy atom. The van der Waals surface area contributed by atoms with E-state index in [1.807, 2.05) is 6.07 Å². The molecule has 25 heavy (non-hydrogen) atoms. The van der Waals surface area contributed by atoms with Gasteiger partial charge in [0.05, 0.1) is 11.3 Å². The number of benzene rings is 1. The number of nitriles is 1. The lowest BCUT2D eigenvalue weighted by Gasteiger charge is -2.09. The summed E-state index contributed by atoms with van der Waals surface area (Å²) in [7, 11) is 0. The fourth-order valence-electron chi connectivity index (χ4n) is 2.12. The van der Waals surface area contributed by atoms with Gasteiger partial charge in [-0.1, -0.05) is 11.8 Å². The van der Waals surface area contributed by atoms with Crippen LogP contribution in [0.1, 0.15) is 22.4 Å². The van der Waals surface area contributed by atoms with Crippen LogP contribution in [0.2, 0.25) is 0 Å². The zero-order valence-electron chi connectivity index (χ0n) is 13.5. The Hall–Kier alpha value is -2.53. The summed E-state index contributed by atoms with van der Waals surface area (Å²) in [6, 6.07) is 4.96. The number of hydrogen-bond donors (Lipinski definition) is 1. The molecule has 0 atom stereocenters. The zero-order valence-corrected chi connectivity index (χ0v) is 14.3. The molecule has 0 aliphatic carbocycles. The van der Waals surface area contributed by atoms with E-state index < -0.39 is 23.4 Å². The Kier molecular flexibility index (Phi) is 6.04. The molecule has 1 N–H and O–H groups in total. The Labute approximate surface area is 147 Å². The standard InChI is InChI=1S/C17H14F3N3OS/c1-9-3-10(2)23-17(12(9)6-21)25-8-16(24)22-7-11-4-14(19)15(20)5-13(11)18/h3-5H,7-8H2,1-2H3,(H,22,24). The van der Waals surface area contributed by atoms with Crippen molar-refractivity contribution in [3.05, 3.63) is 58.0 Å². The van der Waals surface area contributed by atoms with Crippen molar-refractivity contribution in [2.75, 3.05) is 5.75 Å². The third-order valence-corrected chi connectivity index (χ3v) is 4.30. The van der Waals surface area contributed by atoms with Gasteiger partial charge in [-0.2, -0.15) is 5.26 Å². The first kappa shape index (κ1) is 18.8. The predicted octanol–water partition coefficient (Wildman–Crippen LogP) is 3.40. The van der Waals surface area contributed by atoms with Crippen molar-refractivity contribution in [3.8, 4) is 6.07 Å². The minimum Gasteiger partial charge on any atom is -0.351 e. The van der Waals surface area contributed by atoms with E-state index in [4.69, 9.17) is 0 Å². The number of rotatable bonds is 5. The van der Waals surface area contributed by atoms with Gasteiger partial charge in [-0.25, -0.2) is 18.2 Å². The zero-order chi connectivity index (χ0) is 18.6. The summed E-state index contributed by atoms with van der Waals surface area (Å²) < 4.78 is 39.5. The average molecular weight is 365 g/mol. The monoisotopic (exact) mass is 365 g/mol. The van der Waals surface area contributed by atoms with Gasteiger partial charge in [-0.05, 0) is 31.5 Å². The molecule has 1 heterocycles. The third-order valence-electron chi connectivity index (χ3n) is 3.33. The number of halogens is 3. The molecule has 0 aliphatic rings. The second-order valence-corrected chi connectivity index (χ2v) is 6.26. The molecule has 1 amide bonds. The number of pyridine rings is 1. The fraction of sp³-hybridized carbons (Fsp3) is 0.235. The summed E-state index contributed by atoms with van der Waals surface area (Å²) >= 11 is 1.08. The van der Waals surface area contributed by atoms with Crippen LogP contribution >= 0.6 is 11.8 Å². The number of aryl methyl sites for hydroxylation is 2. The summed E-state index contributed by atoms with van der Waals surface area (Å²) in [6.45, 7) is 3.29. The molecule has 0 aliphatic heterocycles. The Bertz CT molecular complexity index is 865. The molecule has 2 aromatic rings. The molecule has 0 saturated heterocycles. The van der Waals surface area contributed by atoms with Crippen molar-refractivity contribution in [2.45, 2.75) is 25.4 Å². The highest BCUT2D eigenvalue weighted by Gasteiger charge is 2.13. The largest absolute Gasteiger partial charge is 0.351 e. The van der Waals surface area contributed by atoms with Gasteiger partial charge < -0.3 is 5.32 Å². The normalized spacial score (nSPS) is 10.4. The van der Waals surface area contributed by atoms with Crippen molar-refractivity contribution < 1.29 is 18.0 Å². The van der Waals surface area contributed by atoms with Crippen LogP contribution in [0.4, 0.5) is 13.2 Å². The molecule has 8 heteroatoms. The first-order chi connectivity index (χ1) is 11.8. The molecular formula is C17H14F3N3OS. The summed E-state index contributed by atoms with van der Waals surface area (Å²) in [6.07, 6.45) is 0. The second-order valence-electron chi connectivity index (χ2n) is 5.30. The Morgan fingerprint density at radius 1 is 1.20 bits per heavy atom. The first-order valence-corrected chi connectivity index (χ1v) is 8.21. The summed E-state index contributed by atoms with van der Waals surface area (Å²) in [5.74, 6) is -3.89. The molecule has 0 saturated carbocycles. The van der Waals surface area contributed by atoms with Crippen molar-refractivity contribution in [2.24, 2.45) is 0 Å². The molecule has 1 aromatic carbocycles. The first-order valence-electron chi connectivity index (χ1n) is 7.23. The molecule has 0 fully saturated rings. The van der Waals surface area contributed by atoms with Gasteiger partial charge in [0, 0.05) is 23.9 Å². The smallest absolute Gasteiger partial charge is 0.230 e. The van der Waals surface area contributed by atoms with Crippen molar-refractivity contribution in [1.29, 1.82) is 5.26 Å². The van der Waals surface area contributed by atoms with E-state index in [2.05, 4.69) is 10.3 Å². The lowest BCUT2D eigenvalue weighted by Crippen LogP contribution is -2.25. The Balaban J connectivity index is 1.98. The van der Waals surface area contributed by atoms with Crippen molar-refractivity contribution in [1.82, 2.24) is 10.3 Å². The van der Waals surface area contributed by atoms with E-state index in [9.17, 15) is 23.2 Å². The minimum atomic E-state index is -1.28. The molecule has 0 unspecified atom stereocenters. The molecule has 0 spiro atoms. The molecule has 2 rings (SSSR count). The van der Waals surface area contributed by atoms with E-state index in [1.165, 1.54) is 0 Å². The van der Waals surface area contributed by atoms with Crippen LogP contribution in [0, 0.1) is 42.6 Å². The van der Waals surface area contributed by atoms with Crippen LogP contribution < -0.4 is 5.32 Å². The van der Waals surface area contributed by atoms with Gasteiger partial charge in [0.15, 0.2) is 11.6 Å². The molecule has 0 bridgehead atoms. The third kappa shape index (κ3) is 4.73. The van der Waals surface area contributed by atoms with Crippen molar-refractivity contribution in [3.63, 3.8) is 0 Å². The van der Waals surface area contributed by atoms with Gasteiger partial charge in [0.2, 0.25) is 5.91 Å². The predicted molar refractivity (Wildman–Crippen MR) is 87.3 cm³/mol. The van der Waals surface area contributed by atoms with Crippen LogP contribution in [-0.4, -0.2) is 16.6 Å². The maximum Gasteiger partial charge on any atom is 0.230 e. The number of amides is 1. The van der Waals surface area contributed by atoms with E-state index in [-0.39, 0.29) is 17.9 Å². The van der Waals surface area contributed by atoms with Crippen LogP contribution in [0.3, 0.4) is 0 Å². The summed E-state index contributed by atoms with van der Waals surface area (Å²) in [4.78, 5) is 16.1. The SMILES string of the molecule is Cc1cc(C)c(C#N)c(SCC(=O)NCc2cc(F)c(F)cc2F)n1. The summed E-state index contributed by atoms with van der Waals surface area (Å²) in [5.41, 5.74) is 1.74. The number of aromatic nitrogens is 1. The van der Waals surface area contributed by atoms with Crippen LogP contribution in [-0.2, 0) is 11.3 Å². The highest BCUT2D eigenvalue weighted by molar-refractivity contribution is 8.00. The Morgan fingerprint density at radius 3 is 2.56 bits per heavy atom. The maximum atomic E-state index is 13.5. The number of thioether (sulfide) groups is 1. The summed E-state index contributed by atoms with van der Waals surface area (Å²) in [5, 5.41) is 12.0. The fourth-order valence-corrected chi connectivity index (χ4v) is 3.05. The van der Waals surface area contributed by atoms with Gasteiger partial charge in [0.1, 0.15) is 16.9 Å². The molecule has 130 valence electrons. The number of nitrogens with zero attached hydrogens (tertiary/aromatic N) is 2. The van der Waals surface area contributed by atoms with Crippen LogP contribution in [0.5, 0.6) is 0 Å². The van der Waals surface area contributed by atoms with Gasteiger partial charge >= 0.3 is 0 Å². The number of carbonyl (C=O) groups is 1. The van der Waals surface area contributed by atoms with Gasteiger partial charge in [-0.3, -0.25) is 4.79 Å². The van der Waals surface area contributed by atoms with E-state index in [1.54, 1.807) is 19.9 Å². The molecule has 1 aromatic heterocycles. The van der Waals surface area contributed by atoms with Crippen molar-refractivity contribution >= 4 is 17.7 Å². The lowest BCUT2D eigenvalue weighted by molar-refractivity contribution is -0.118. The minimum absolute atomic E-state index is 0.0458. The van der Waals surface area contributed by atoms with E-state index in [0.717, 1.165) is 23.0 Å². The van der Waals surface area contributed by atoms with Crippen LogP contribution in [0.15, 0.2) is 23.2 Å². The molecule has 0 radical (unpaired) electrons. The average Bonchev–Trinajstić information content (AvgIpc) is 2.54. The molecule has 4 nitrogen and oxygen atoms in total.